The Kier molecular flexibility index (Phi) is 4.73. The van der Waals surface area contributed by atoms with Crippen molar-refractivity contribution in [3.05, 3.63) is 28.2 Å². The molecule has 0 saturated carbocycles. The first kappa shape index (κ1) is 14.7. The molecule has 0 bridgehead atoms. The first-order valence-corrected chi connectivity index (χ1v) is 7.10. The van der Waals surface area contributed by atoms with Gasteiger partial charge in [0, 0.05) is 22.7 Å². The lowest BCUT2D eigenvalue weighted by Gasteiger charge is -2.16. The van der Waals surface area contributed by atoms with E-state index in [0.717, 1.165) is 31.9 Å². The minimum absolute atomic E-state index is 0.139. The van der Waals surface area contributed by atoms with Crippen LogP contribution < -0.4 is 10.6 Å². The second-order valence-corrected chi connectivity index (χ2v) is 5.61. The maximum absolute atomic E-state index is 12.8. The monoisotopic (exact) mass is 336 g/mol. The van der Waals surface area contributed by atoms with Crippen molar-refractivity contribution in [3.8, 4) is 0 Å². The third-order valence-corrected chi connectivity index (χ3v) is 3.75. The zero-order valence-electron chi connectivity index (χ0n) is 10.4. The van der Waals surface area contributed by atoms with Crippen molar-refractivity contribution in [3.63, 3.8) is 0 Å². The molecule has 1 aromatic rings. The fourth-order valence-corrected chi connectivity index (χ4v) is 2.66. The van der Waals surface area contributed by atoms with E-state index >= 15 is 0 Å². The Bertz CT molecular complexity index is 428. The first-order chi connectivity index (χ1) is 8.97. The molecule has 0 amide bonds. The van der Waals surface area contributed by atoms with Gasteiger partial charge in [0.05, 0.1) is 5.56 Å². The van der Waals surface area contributed by atoms with Gasteiger partial charge in [0.25, 0.3) is 0 Å². The zero-order chi connectivity index (χ0) is 13.9. The topological polar surface area (TPSA) is 24.1 Å². The molecule has 1 aliphatic heterocycles. The lowest BCUT2D eigenvalue weighted by Crippen LogP contribution is -2.24. The van der Waals surface area contributed by atoms with Gasteiger partial charge in [-0.15, -0.1) is 0 Å². The molecule has 19 heavy (non-hydrogen) atoms. The Balaban J connectivity index is 1.99. The standard InChI is InChI=1S/C13H16BrF3N2/c14-9-3-4-11(13(15,16)17)12(8-9)19-7-5-10-2-1-6-18-10/h3-4,8,10,18-19H,1-2,5-7H2/t10-/m0/s1. The van der Waals surface area contributed by atoms with E-state index in [1.54, 1.807) is 0 Å². The van der Waals surface area contributed by atoms with Crippen molar-refractivity contribution < 1.29 is 13.2 Å². The summed E-state index contributed by atoms with van der Waals surface area (Å²) < 4.78 is 39.2. The zero-order valence-corrected chi connectivity index (χ0v) is 11.9. The van der Waals surface area contributed by atoms with Crippen LogP contribution in [0.1, 0.15) is 24.8 Å². The van der Waals surface area contributed by atoms with E-state index < -0.39 is 11.7 Å². The van der Waals surface area contributed by atoms with Crippen LogP contribution in [0.3, 0.4) is 0 Å². The summed E-state index contributed by atoms with van der Waals surface area (Å²) in [6, 6.07) is 4.41. The summed E-state index contributed by atoms with van der Waals surface area (Å²) in [5.74, 6) is 0. The number of nitrogens with one attached hydrogen (secondary N) is 2. The Hall–Kier alpha value is -0.750. The highest BCUT2D eigenvalue weighted by Crippen LogP contribution is 2.36. The molecule has 2 rings (SSSR count). The van der Waals surface area contributed by atoms with Crippen LogP contribution in [0.4, 0.5) is 18.9 Å². The average molecular weight is 337 g/mol. The van der Waals surface area contributed by atoms with Gasteiger partial charge >= 0.3 is 6.18 Å². The highest BCUT2D eigenvalue weighted by atomic mass is 79.9. The number of rotatable bonds is 4. The van der Waals surface area contributed by atoms with Crippen molar-refractivity contribution in [1.29, 1.82) is 0 Å². The molecule has 2 N–H and O–H groups in total. The van der Waals surface area contributed by atoms with Crippen LogP contribution in [0.2, 0.25) is 0 Å². The summed E-state index contributed by atoms with van der Waals surface area (Å²) in [5.41, 5.74) is -0.477. The molecule has 0 radical (unpaired) electrons. The Labute approximate surface area is 118 Å². The molecule has 6 heteroatoms. The highest BCUT2D eigenvalue weighted by Gasteiger charge is 2.33. The van der Waals surface area contributed by atoms with Gasteiger partial charge in [-0.05, 0) is 44.0 Å². The van der Waals surface area contributed by atoms with Gasteiger partial charge in [-0.2, -0.15) is 13.2 Å². The molecule has 1 aromatic carbocycles. The summed E-state index contributed by atoms with van der Waals surface area (Å²) in [6.45, 7) is 1.55. The first-order valence-electron chi connectivity index (χ1n) is 6.31. The average Bonchev–Trinajstić information content (AvgIpc) is 2.80. The lowest BCUT2D eigenvalue weighted by molar-refractivity contribution is -0.136. The molecular formula is C13H16BrF3N2. The Morgan fingerprint density at radius 1 is 1.37 bits per heavy atom. The van der Waals surface area contributed by atoms with E-state index in [1.807, 2.05) is 0 Å². The summed E-state index contributed by atoms with van der Waals surface area (Å²) in [6.07, 6.45) is -1.24. The van der Waals surface area contributed by atoms with Crippen molar-refractivity contribution in [2.75, 3.05) is 18.4 Å². The predicted molar refractivity (Wildman–Crippen MR) is 73.3 cm³/mol. The van der Waals surface area contributed by atoms with Gasteiger partial charge in [-0.3, -0.25) is 0 Å². The smallest absolute Gasteiger partial charge is 0.384 e. The summed E-state index contributed by atoms with van der Waals surface area (Å²) in [7, 11) is 0. The molecule has 2 nitrogen and oxygen atoms in total. The van der Waals surface area contributed by atoms with E-state index in [1.165, 1.54) is 12.1 Å². The Morgan fingerprint density at radius 2 is 2.16 bits per heavy atom. The fourth-order valence-electron chi connectivity index (χ4n) is 2.29. The fraction of sp³-hybridized carbons (Fsp3) is 0.538. The normalized spacial score (nSPS) is 19.7. The molecule has 1 fully saturated rings. The maximum Gasteiger partial charge on any atom is 0.418 e. The largest absolute Gasteiger partial charge is 0.418 e. The summed E-state index contributed by atoms with van der Waals surface area (Å²) in [4.78, 5) is 0. The number of halogens is 4. The van der Waals surface area contributed by atoms with Crippen LogP contribution >= 0.6 is 15.9 Å². The van der Waals surface area contributed by atoms with Crippen LogP contribution in [0.15, 0.2) is 22.7 Å². The van der Waals surface area contributed by atoms with E-state index in [4.69, 9.17) is 0 Å². The van der Waals surface area contributed by atoms with E-state index in [9.17, 15) is 13.2 Å². The van der Waals surface area contributed by atoms with Gasteiger partial charge in [0.1, 0.15) is 0 Å². The molecule has 1 heterocycles. The van der Waals surface area contributed by atoms with Crippen LogP contribution in [0.5, 0.6) is 0 Å². The highest BCUT2D eigenvalue weighted by molar-refractivity contribution is 9.10. The van der Waals surface area contributed by atoms with Gasteiger partial charge in [-0.1, -0.05) is 15.9 Å². The second kappa shape index (κ2) is 6.13. The van der Waals surface area contributed by atoms with Gasteiger partial charge in [-0.25, -0.2) is 0 Å². The third-order valence-electron chi connectivity index (χ3n) is 3.26. The molecule has 0 spiro atoms. The number of alkyl halides is 3. The molecule has 1 aliphatic rings. The van der Waals surface area contributed by atoms with Crippen LogP contribution in [0.25, 0.3) is 0 Å². The van der Waals surface area contributed by atoms with Gasteiger partial charge < -0.3 is 10.6 Å². The SMILES string of the molecule is FC(F)(F)c1ccc(Br)cc1NCC[C@@H]1CCCN1. The van der Waals surface area contributed by atoms with Crippen molar-refractivity contribution >= 4 is 21.6 Å². The molecule has 1 saturated heterocycles. The second-order valence-electron chi connectivity index (χ2n) is 4.70. The molecule has 0 unspecified atom stereocenters. The number of anilines is 1. The van der Waals surface area contributed by atoms with Gasteiger partial charge in [0.15, 0.2) is 0 Å². The quantitative estimate of drug-likeness (QED) is 0.867. The molecular weight excluding hydrogens is 321 g/mol. The molecule has 0 aromatic heterocycles. The maximum atomic E-state index is 12.8. The van der Waals surface area contributed by atoms with Crippen LogP contribution in [-0.2, 0) is 6.18 Å². The van der Waals surface area contributed by atoms with E-state index in [0.29, 0.717) is 17.1 Å². The van der Waals surface area contributed by atoms with Crippen molar-refractivity contribution in [2.45, 2.75) is 31.5 Å². The predicted octanol–water partition coefficient (Wildman–Crippen LogP) is 4.02. The summed E-state index contributed by atoms with van der Waals surface area (Å²) >= 11 is 3.20. The van der Waals surface area contributed by atoms with Gasteiger partial charge in [0.2, 0.25) is 0 Å². The number of hydrogen-bond donors (Lipinski definition) is 2. The lowest BCUT2D eigenvalue weighted by atomic mass is 10.1. The number of benzene rings is 1. The Morgan fingerprint density at radius 3 is 2.79 bits per heavy atom. The summed E-state index contributed by atoms with van der Waals surface area (Å²) in [5, 5.41) is 6.23. The third kappa shape index (κ3) is 4.11. The van der Waals surface area contributed by atoms with Crippen LogP contribution in [-0.4, -0.2) is 19.1 Å². The van der Waals surface area contributed by atoms with Crippen molar-refractivity contribution in [2.24, 2.45) is 0 Å². The molecule has 1 atom stereocenters. The number of hydrogen-bond acceptors (Lipinski definition) is 2. The molecule has 0 aliphatic carbocycles. The van der Waals surface area contributed by atoms with E-state index in [-0.39, 0.29) is 5.69 Å². The van der Waals surface area contributed by atoms with Crippen LogP contribution in [0, 0.1) is 0 Å². The van der Waals surface area contributed by atoms with E-state index in [2.05, 4.69) is 26.6 Å². The minimum atomic E-state index is -4.32. The molecule has 106 valence electrons. The van der Waals surface area contributed by atoms with Crippen molar-refractivity contribution in [1.82, 2.24) is 5.32 Å². The minimum Gasteiger partial charge on any atom is -0.384 e.